The van der Waals surface area contributed by atoms with Gasteiger partial charge in [0.2, 0.25) is 11.0 Å². The average molecular weight is 571 g/mol. The van der Waals surface area contributed by atoms with Crippen molar-refractivity contribution in [1.82, 2.24) is 31.0 Å². The number of amides is 2. The first-order valence-electron chi connectivity index (χ1n) is 13.3. The van der Waals surface area contributed by atoms with Crippen molar-refractivity contribution >= 4 is 34.3 Å². The van der Waals surface area contributed by atoms with Crippen LogP contribution in [-0.4, -0.2) is 56.0 Å². The van der Waals surface area contributed by atoms with Crippen LogP contribution in [0, 0.1) is 0 Å². The number of rotatable bonds is 14. The van der Waals surface area contributed by atoms with E-state index in [1.807, 2.05) is 58.0 Å². The molecule has 1 aromatic carbocycles. The molecular weight excluding hydrogens is 532 g/mol. The number of aromatic nitrogens is 4. The Morgan fingerprint density at radius 1 is 1.02 bits per heavy atom. The molecule has 0 saturated carbocycles. The third kappa shape index (κ3) is 11.6. The maximum atomic E-state index is 12.6. The highest BCUT2D eigenvalue weighted by Crippen LogP contribution is 2.18. The van der Waals surface area contributed by atoms with Crippen molar-refractivity contribution in [2.24, 2.45) is 0 Å². The first-order valence-corrected chi connectivity index (χ1v) is 14.1. The van der Waals surface area contributed by atoms with Crippen LogP contribution in [-0.2, 0) is 35.3 Å². The number of unbranched alkanes of at least 4 members (excludes halogenated alkanes) is 1. The fraction of sp³-hybridized carbons (Fsp3) is 0.481. The van der Waals surface area contributed by atoms with E-state index in [0.29, 0.717) is 24.0 Å². The number of hydrogen-bond acceptors (Lipinski definition) is 11. The molecule has 3 rings (SSSR count). The fourth-order valence-corrected chi connectivity index (χ4v) is 4.43. The molecule has 12 nitrogen and oxygen atoms in total. The maximum Gasteiger partial charge on any atom is 0.407 e. The Hall–Kier alpha value is -3.68. The predicted molar refractivity (Wildman–Crippen MR) is 154 cm³/mol. The van der Waals surface area contributed by atoms with Crippen molar-refractivity contribution in [3.05, 3.63) is 58.2 Å². The maximum absolute atomic E-state index is 12.6. The molecule has 1 atom stereocenters. The van der Waals surface area contributed by atoms with Gasteiger partial charge in [0.25, 0.3) is 0 Å². The van der Waals surface area contributed by atoms with E-state index < -0.39 is 18.0 Å². The van der Waals surface area contributed by atoms with Gasteiger partial charge in [0.1, 0.15) is 10.6 Å². The van der Waals surface area contributed by atoms with Crippen LogP contribution in [0.3, 0.4) is 0 Å². The van der Waals surface area contributed by atoms with Crippen molar-refractivity contribution in [1.29, 1.82) is 0 Å². The summed E-state index contributed by atoms with van der Waals surface area (Å²) < 4.78 is 5.25. The minimum atomic E-state index is -0.863. The summed E-state index contributed by atoms with van der Waals surface area (Å²) in [5.41, 5.74) is 2.01. The van der Waals surface area contributed by atoms with Crippen LogP contribution in [0.1, 0.15) is 62.4 Å². The minimum Gasteiger partial charge on any atom is -0.444 e. The zero-order valence-corrected chi connectivity index (χ0v) is 24.2. The second kappa shape index (κ2) is 15.2. The normalized spacial score (nSPS) is 12.0. The number of nitrogens with one attached hydrogen (secondary N) is 4. The Balaban J connectivity index is 1.37. The lowest BCUT2D eigenvalue weighted by Gasteiger charge is -2.19. The second-order valence-corrected chi connectivity index (χ2v) is 11.2. The van der Waals surface area contributed by atoms with E-state index >= 15 is 0 Å². The molecule has 2 heterocycles. The molecule has 0 radical (unpaired) electrons. The fourth-order valence-electron chi connectivity index (χ4n) is 3.63. The molecule has 0 aliphatic carbocycles. The molecule has 13 heteroatoms. The number of ether oxygens (including phenoxy) is 1. The molecule has 0 fully saturated rings. The number of alkyl carbamates (subject to hydrolysis) is 1. The molecule has 0 spiro atoms. The van der Waals surface area contributed by atoms with Crippen molar-refractivity contribution in [2.75, 3.05) is 17.2 Å². The Morgan fingerprint density at radius 2 is 1.80 bits per heavy atom. The van der Waals surface area contributed by atoms with Gasteiger partial charge < -0.3 is 25.8 Å². The molecule has 1 unspecified atom stereocenters. The highest BCUT2D eigenvalue weighted by molar-refractivity contribution is 7.15. The van der Waals surface area contributed by atoms with Crippen LogP contribution in [0.5, 0.6) is 0 Å². The van der Waals surface area contributed by atoms with E-state index in [1.165, 1.54) is 11.3 Å². The van der Waals surface area contributed by atoms with Crippen molar-refractivity contribution < 1.29 is 19.4 Å². The molecule has 3 aromatic rings. The number of carbonyl (C=O) groups excluding carboxylic acids is 2. The number of aryl methyl sites for hydroxylation is 2. The zero-order chi connectivity index (χ0) is 29.0. The smallest absolute Gasteiger partial charge is 0.407 e. The Kier molecular flexibility index (Phi) is 11.7. The molecule has 2 amide bonds. The minimum absolute atomic E-state index is 0.179. The highest BCUT2D eigenvalue weighted by atomic mass is 32.1. The van der Waals surface area contributed by atoms with Crippen LogP contribution in [0.4, 0.5) is 15.7 Å². The van der Waals surface area contributed by atoms with Gasteiger partial charge in [-0.1, -0.05) is 42.5 Å². The van der Waals surface area contributed by atoms with E-state index in [9.17, 15) is 14.7 Å². The molecule has 2 aromatic heterocycles. The van der Waals surface area contributed by atoms with Gasteiger partial charge in [-0.2, -0.15) is 5.10 Å². The number of benzene rings is 1. The summed E-state index contributed by atoms with van der Waals surface area (Å²) in [6, 6.07) is 11.2. The predicted octanol–water partition coefficient (Wildman–Crippen LogP) is 3.40. The first-order chi connectivity index (χ1) is 19.1. The summed E-state index contributed by atoms with van der Waals surface area (Å²) in [5.74, 6) is 0.318. The Labute approximate surface area is 238 Å². The Morgan fingerprint density at radius 3 is 2.52 bits per heavy atom. The van der Waals surface area contributed by atoms with Crippen molar-refractivity contribution in [3.63, 3.8) is 0 Å². The lowest BCUT2D eigenvalue weighted by Crippen LogP contribution is -2.35. The van der Waals surface area contributed by atoms with Crippen LogP contribution < -0.4 is 21.3 Å². The summed E-state index contributed by atoms with van der Waals surface area (Å²) >= 11 is 1.37. The molecule has 5 N–H and O–H groups in total. The number of aliphatic hydroxyl groups is 1. The number of hydrogen-bond donors (Lipinski definition) is 5. The number of aliphatic hydroxyl groups excluding tert-OH is 1. The summed E-state index contributed by atoms with van der Waals surface area (Å²) in [6.07, 6.45) is 2.16. The van der Waals surface area contributed by atoms with Crippen molar-refractivity contribution in [2.45, 2.75) is 78.3 Å². The number of carbonyl (C=O) groups is 2. The number of nitrogens with zero attached hydrogens (tertiary/aromatic N) is 4. The zero-order valence-electron chi connectivity index (χ0n) is 23.4. The second-order valence-electron chi connectivity index (χ2n) is 10.1. The van der Waals surface area contributed by atoms with E-state index in [2.05, 4.69) is 41.7 Å². The lowest BCUT2D eigenvalue weighted by molar-refractivity contribution is -0.115. The van der Waals surface area contributed by atoms with Gasteiger partial charge in [-0.25, -0.2) is 4.79 Å². The van der Waals surface area contributed by atoms with E-state index in [4.69, 9.17) is 4.74 Å². The largest absolute Gasteiger partial charge is 0.444 e. The van der Waals surface area contributed by atoms with Crippen LogP contribution in [0.15, 0.2) is 36.4 Å². The van der Waals surface area contributed by atoms with Gasteiger partial charge >= 0.3 is 6.09 Å². The summed E-state index contributed by atoms with van der Waals surface area (Å²) in [4.78, 5) is 24.4. The molecule has 0 aliphatic heterocycles. The topological polar surface area (TPSA) is 163 Å². The van der Waals surface area contributed by atoms with E-state index in [-0.39, 0.29) is 12.3 Å². The first kappa shape index (κ1) is 30.9. The molecular formula is C27H38N8O4S. The van der Waals surface area contributed by atoms with Crippen LogP contribution in [0.25, 0.3) is 0 Å². The van der Waals surface area contributed by atoms with E-state index in [1.54, 1.807) is 6.07 Å². The third-order valence-corrected chi connectivity index (χ3v) is 6.28. The molecule has 0 aliphatic rings. The quantitative estimate of drug-likeness (QED) is 0.143. The monoisotopic (exact) mass is 570 g/mol. The summed E-state index contributed by atoms with van der Waals surface area (Å²) in [7, 11) is 0. The lowest BCUT2D eigenvalue weighted by atomic mass is 10.1. The highest BCUT2D eigenvalue weighted by Gasteiger charge is 2.16. The molecule has 0 saturated heterocycles. The summed E-state index contributed by atoms with van der Waals surface area (Å²) in [6.45, 7) is 8.27. The van der Waals surface area contributed by atoms with Gasteiger partial charge in [0.15, 0.2) is 12.2 Å². The molecule has 40 heavy (non-hydrogen) atoms. The van der Waals surface area contributed by atoms with Gasteiger partial charge in [0.05, 0.1) is 12.1 Å². The van der Waals surface area contributed by atoms with Crippen LogP contribution in [0.2, 0.25) is 0 Å². The van der Waals surface area contributed by atoms with Crippen molar-refractivity contribution in [3.8, 4) is 0 Å². The Bertz CT molecular complexity index is 1230. The molecule has 0 bridgehead atoms. The van der Waals surface area contributed by atoms with E-state index in [0.717, 1.165) is 47.5 Å². The molecule has 216 valence electrons. The average Bonchev–Trinajstić information content (AvgIpc) is 3.32. The third-order valence-electron chi connectivity index (χ3n) is 5.38. The van der Waals surface area contributed by atoms with Crippen LogP contribution >= 0.6 is 11.3 Å². The standard InChI is InChI=1S/C27H38N8O4S/c1-5-28-24(37)30-21-14-13-20(32-33-21)11-6-7-12-23-34-35-25(40-23)31-22(36)16-18-9-8-10-19(15-18)17-29-26(38)39-27(2,3)4/h8-10,13-15,24,28,37H,5-7,11-12,16-17H2,1-4H3,(H,29,38)(H,30,33)(H,31,35,36). The van der Waals surface area contributed by atoms with Gasteiger partial charge in [0, 0.05) is 13.0 Å². The number of anilines is 2. The van der Waals surface area contributed by atoms with Gasteiger partial charge in [-0.3, -0.25) is 10.1 Å². The van der Waals surface area contributed by atoms with Gasteiger partial charge in [-0.15, -0.1) is 15.3 Å². The summed E-state index contributed by atoms with van der Waals surface area (Å²) in [5, 5.41) is 38.8. The van der Waals surface area contributed by atoms with Gasteiger partial charge in [-0.05, 0) is 69.8 Å². The SMILES string of the molecule is CCNC(O)Nc1ccc(CCCCc2nnc(NC(=O)Cc3cccc(CNC(=O)OC(C)(C)C)c3)s2)nn1.